The molecule has 0 aromatic carbocycles. The van der Waals surface area contributed by atoms with Crippen LogP contribution in [0.4, 0.5) is 0 Å². The predicted molar refractivity (Wildman–Crippen MR) is 99.4 cm³/mol. The fourth-order valence-corrected chi connectivity index (χ4v) is 3.25. The van der Waals surface area contributed by atoms with Crippen molar-refractivity contribution in [1.29, 1.82) is 0 Å². The average molecular weight is 343 g/mol. The van der Waals surface area contributed by atoms with Gasteiger partial charge >= 0.3 is 0 Å². The number of hydrogen-bond donors (Lipinski definition) is 1. The molecule has 0 spiro atoms. The van der Waals surface area contributed by atoms with Crippen LogP contribution in [0.5, 0.6) is 5.75 Å². The molecule has 1 aromatic rings. The van der Waals surface area contributed by atoms with Crippen LogP contribution in [0, 0.1) is 5.92 Å². The molecule has 5 heteroatoms. The maximum atomic E-state index is 12.3. The Hall–Kier alpha value is -1.88. The van der Waals surface area contributed by atoms with Gasteiger partial charge in [-0.1, -0.05) is 18.6 Å². The Balaban J connectivity index is 1.51. The summed E-state index contributed by atoms with van der Waals surface area (Å²) in [5.74, 6) is 1.38. The van der Waals surface area contributed by atoms with E-state index in [1.54, 1.807) is 6.20 Å². The Morgan fingerprint density at radius 2 is 2.28 bits per heavy atom. The minimum Gasteiger partial charge on any atom is -0.487 e. The zero-order chi connectivity index (χ0) is 17.6. The Morgan fingerprint density at radius 3 is 3.00 bits per heavy atom. The van der Waals surface area contributed by atoms with Gasteiger partial charge in [0.1, 0.15) is 11.9 Å². The van der Waals surface area contributed by atoms with Gasteiger partial charge in [-0.3, -0.25) is 9.78 Å². The molecule has 1 amide bonds. The Kier molecular flexibility index (Phi) is 6.08. The summed E-state index contributed by atoms with van der Waals surface area (Å²) in [6.45, 7) is 3.67. The van der Waals surface area contributed by atoms with Crippen molar-refractivity contribution in [3.8, 4) is 5.75 Å². The van der Waals surface area contributed by atoms with Crippen LogP contribution < -0.4 is 10.1 Å². The van der Waals surface area contributed by atoms with Gasteiger partial charge in [0.05, 0.1) is 12.7 Å². The highest BCUT2D eigenvalue weighted by atomic mass is 16.5. The van der Waals surface area contributed by atoms with Crippen molar-refractivity contribution < 1.29 is 9.53 Å². The van der Waals surface area contributed by atoms with E-state index in [0.29, 0.717) is 18.5 Å². The van der Waals surface area contributed by atoms with Gasteiger partial charge in [-0.25, -0.2) is 0 Å². The van der Waals surface area contributed by atoms with Crippen molar-refractivity contribution in [3.63, 3.8) is 0 Å². The van der Waals surface area contributed by atoms with Crippen molar-refractivity contribution >= 4 is 12.0 Å². The number of hydrogen-bond acceptors (Lipinski definition) is 4. The molecule has 2 heterocycles. The normalized spacial score (nSPS) is 22.2. The molecule has 5 nitrogen and oxygen atoms in total. The predicted octanol–water partition coefficient (Wildman–Crippen LogP) is 2.87. The highest BCUT2D eigenvalue weighted by Crippen LogP contribution is 2.30. The number of amides is 1. The number of carbonyl (C=O) groups excluding carboxylic acids is 1. The lowest BCUT2D eigenvalue weighted by molar-refractivity contribution is -0.137. The van der Waals surface area contributed by atoms with E-state index in [1.807, 2.05) is 24.2 Å². The van der Waals surface area contributed by atoms with E-state index in [2.05, 4.69) is 29.4 Å². The van der Waals surface area contributed by atoms with Gasteiger partial charge < -0.3 is 15.0 Å². The van der Waals surface area contributed by atoms with Gasteiger partial charge in [0.15, 0.2) is 0 Å². The largest absolute Gasteiger partial charge is 0.487 e. The van der Waals surface area contributed by atoms with Crippen molar-refractivity contribution in [1.82, 2.24) is 15.2 Å². The summed E-state index contributed by atoms with van der Waals surface area (Å²) in [5, 5.41) is 3.22. The monoisotopic (exact) mass is 343 g/mol. The molecule has 0 unspecified atom stereocenters. The number of ether oxygens (including phenoxy) is 1. The van der Waals surface area contributed by atoms with Crippen LogP contribution in [0.1, 0.15) is 44.6 Å². The molecule has 2 atom stereocenters. The number of carbonyl (C=O) groups is 1. The number of aromatic nitrogens is 1. The molecule has 1 aromatic heterocycles. The minimum absolute atomic E-state index is 0.0781. The second-order valence-corrected chi connectivity index (χ2v) is 7.22. The maximum Gasteiger partial charge on any atom is 0.225 e. The second kappa shape index (κ2) is 8.48. The quantitative estimate of drug-likeness (QED) is 0.827. The van der Waals surface area contributed by atoms with Gasteiger partial charge in [-0.15, -0.1) is 0 Å². The van der Waals surface area contributed by atoms with Crippen molar-refractivity contribution in [2.45, 2.75) is 51.2 Å². The zero-order valence-electron chi connectivity index (χ0n) is 15.3. The molecule has 1 saturated heterocycles. The zero-order valence-corrected chi connectivity index (χ0v) is 15.3. The molecule has 0 radical (unpaired) electrons. The smallest absolute Gasteiger partial charge is 0.225 e. The van der Waals surface area contributed by atoms with Crippen molar-refractivity contribution in [3.05, 3.63) is 30.1 Å². The maximum absolute atomic E-state index is 12.3. The Bertz CT molecular complexity index is 613. The van der Waals surface area contributed by atoms with Crippen LogP contribution in [-0.2, 0) is 4.79 Å². The lowest BCUT2D eigenvalue weighted by Gasteiger charge is -2.29. The first-order chi connectivity index (χ1) is 12.2. The molecule has 1 aliphatic heterocycles. The SMILES string of the molecule is CN[C@@H](C)CC=Cc1cncc(O[C@H]2CCN(C(=O)C3CCC3)C2)c1. The van der Waals surface area contributed by atoms with Crippen LogP contribution in [0.3, 0.4) is 0 Å². The molecule has 2 fully saturated rings. The molecule has 0 bridgehead atoms. The van der Waals surface area contributed by atoms with Crippen LogP contribution in [-0.4, -0.2) is 48.1 Å². The molecule has 1 aliphatic carbocycles. The van der Waals surface area contributed by atoms with E-state index >= 15 is 0 Å². The van der Waals surface area contributed by atoms with Gasteiger partial charge in [-0.2, -0.15) is 0 Å². The first-order valence-electron chi connectivity index (χ1n) is 9.40. The minimum atomic E-state index is 0.0781. The number of pyridine rings is 1. The molecule has 1 N–H and O–H groups in total. The lowest BCUT2D eigenvalue weighted by atomic mass is 9.84. The number of likely N-dealkylation sites (tertiary alicyclic amines) is 1. The van der Waals surface area contributed by atoms with Gasteiger partial charge in [0.25, 0.3) is 0 Å². The van der Waals surface area contributed by atoms with E-state index in [9.17, 15) is 4.79 Å². The highest BCUT2D eigenvalue weighted by Gasteiger charge is 2.34. The molecule has 136 valence electrons. The van der Waals surface area contributed by atoms with Crippen LogP contribution in [0.25, 0.3) is 6.08 Å². The summed E-state index contributed by atoms with van der Waals surface area (Å²) in [5.41, 5.74) is 1.04. The molecule has 3 rings (SSSR count). The van der Waals surface area contributed by atoms with E-state index in [0.717, 1.165) is 43.5 Å². The Morgan fingerprint density at radius 1 is 1.44 bits per heavy atom. The van der Waals surface area contributed by atoms with Crippen LogP contribution in [0.2, 0.25) is 0 Å². The molecule has 2 aliphatic rings. The average Bonchev–Trinajstić information content (AvgIpc) is 3.02. The molecular formula is C20H29N3O2. The van der Waals surface area contributed by atoms with Gasteiger partial charge in [0, 0.05) is 31.1 Å². The summed E-state index contributed by atoms with van der Waals surface area (Å²) in [7, 11) is 1.97. The second-order valence-electron chi connectivity index (χ2n) is 7.22. The molecule has 1 saturated carbocycles. The first kappa shape index (κ1) is 17.9. The lowest BCUT2D eigenvalue weighted by Crippen LogP contribution is -2.38. The van der Waals surface area contributed by atoms with E-state index in [4.69, 9.17) is 4.74 Å². The number of nitrogens with zero attached hydrogens (tertiary/aromatic N) is 2. The third-order valence-electron chi connectivity index (χ3n) is 5.24. The van der Waals surface area contributed by atoms with Gasteiger partial charge in [-0.05, 0) is 44.9 Å². The summed E-state index contributed by atoms with van der Waals surface area (Å²) in [4.78, 5) is 18.6. The van der Waals surface area contributed by atoms with Crippen molar-refractivity contribution in [2.75, 3.05) is 20.1 Å². The summed E-state index contributed by atoms with van der Waals surface area (Å²) >= 11 is 0. The van der Waals surface area contributed by atoms with E-state index in [-0.39, 0.29) is 12.0 Å². The first-order valence-corrected chi connectivity index (χ1v) is 9.40. The number of nitrogens with one attached hydrogen (secondary N) is 1. The summed E-state index contributed by atoms with van der Waals surface area (Å²) in [6.07, 6.45) is 13.1. The standard InChI is InChI=1S/C20H29N3O2/c1-15(21-2)5-3-6-16-11-19(13-22-12-16)25-18-9-10-23(14-18)20(24)17-7-4-8-17/h3,6,11-13,15,17-18,21H,4-5,7-10,14H2,1-2H3/t15-,18-/m0/s1. The van der Waals surface area contributed by atoms with Crippen LogP contribution in [0.15, 0.2) is 24.5 Å². The number of rotatable bonds is 7. The van der Waals surface area contributed by atoms with E-state index in [1.165, 1.54) is 6.42 Å². The van der Waals surface area contributed by atoms with Crippen LogP contribution >= 0.6 is 0 Å². The summed E-state index contributed by atoms with van der Waals surface area (Å²) < 4.78 is 6.07. The van der Waals surface area contributed by atoms with E-state index < -0.39 is 0 Å². The highest BCUT2D eigenvalue weighted by molar-refractivity contribution is 5.79. The van der Waals surface area contributed by atoms with Crippen molar-refractivity contribution in [2.24, 2.45) is 5.92 Å². The van der Waals surface area contributed by atoms with Gasteiger partial charge in [0.2, 0.25) is 5.91 Å². The third kappa shape index (κ3) is 4.82. The molecule has 25 heavy (non-hydrogen) atoms. The molecular weight excluding hydrogens is 314 g/mol. The summed E-state index contributed by atoms with van der Waals surface area (Å²) in [6, 6.07) is 2.48. The fourth-order valence-electron chi connectivity index (χ4n) is 3.25. The fraction of sp³-hybridized carbons (Fsp3) is 0.600. The topological polar surface area (TPSA) is 54.5 Å². The Labute approximate surface area is 150 Å². The third-order valence-corrected chi connectivity index (χ3v) is 5.24.